The molecule has 4 atom stereocenters. The zero-order chi connectivity index (χ0) is 13.3. The minimum Gasteiger partial charge on any atom is -0.394 e. The maximum atomic E-state index is 11.6. The molecule has 0 bridgehead atoms. The van der Waals surface area contributed by atoms with Crippen molar-refractivity contribution in [1.82, 2.24) is 10.2 Å². The van der Waals surface area contributed by atoms with Gasteiger partial charge in [0.25, 0.3) is 0 Å². The van der Waals surface area contributed by atoms with Crippen LogP contribution >= 0.6 is 0 Å². The van der Waals surface area contributed by atoms with Gasteiger partial charge in [-0.05, 0) is 0 Å². The van der Waals surface area contributed by atoms with E-state index < -0.39 is 36.3 Å². The monoisotopic (exact) mass is 258 g/mol. The number of aliphatic hydroxyl groups is 2. The van der Waals surface area contributed by atoms with Gasteiger partial charge in [0.05, 0.1) is 12.7 Å². The van der Waals surface area contributed by atoms with Crippen molar-refractivity contribution in [2.75, 3.05) is 13.2 Å². The van der Waals surface area contributed by atoms with Gasteiger partial charge in [0, 0.05) is 13.0 Å². The number of ether oxygens (including phenoxy) is 1. The Morgan fingerprint density at radius 2 is 2.22 bits per heavy atom. The number of imide groups is 1. The number of carbonyl (C=O) groups excluding carboxylic acids is 3. The van der Waals surface area contributed by atoms with Crippen LogP contribution in [0.15, 0.2) is 0 Å². The number of urea groups is 1. The first-order chi connectivity index (χ1) is 8.56. The van der Waals surface area contributed by atoms with Gasteiger partial charge in [0.15, 0.2) is 0 Å². The van der Waals surface area contributed by atoms with Crippen LogP contribution < -0.4 is 5.32 Å². The molecule has 18 heavy (non-hydrogen) atoms. The number of nitrogens with one attached hydrogen (secondary N) is 1. The van der Waals surface area contributed by atoms with E-state index in [2.05, 4.69) is 0 Å². The van der Waals surface area contributed by atoms with Gasteiger partial charge in [-0.2, -0.15) is 0 Å². The number of carbonyl (C=O) groups is 3. The standard InChI is InChI=1S/C10H14N2O6/c13-3-5-2-12(10(17)11-9(5)16)8-1-6(15)7(4-14)18-8/h3,5-8,14-15H,1-2,4H2,(H,11,16,17). The lowest BCUT2D eigenvalue weighted by molar-refractivity contribution is -0.133. The summed E-state index contributed by atoms with van der Waals surface area (Å²) in [6.07, 6.45) is -1.77. The molecule has 2 rings (SSSR count). The van der Waals surface area contributed by atoms with Crippen molar-refractivity contribution in [2.45, 2.75) is 24.9 Å². The van der Waals surface area contributed by atoms with Crippen molar-refractivity contribution in [1.29, 1.82) is 0 Å². The van der Waals surface area contributed by atoms with E-state index in [1.54, 1.807) is 0 Å². The molecule has 3 N–H and O–H groups in total. The number of amides is 3. The summed E-state index contributed by atoms with van der Waals surface area (Å²) in [4.78, 5) is 34.7. The first-order valence-electron chi connectivity index (χ1n) is 5.58. The number of nitrogens with zero attached hydrogens (tertiary/aromatic N) is 1. The van der Waals surface area contributed by atoms with Crippen molar-refractivity contribution in [3.8, 4) is 0 Å². The average Bonchev–Trinajstić information content (AvgIpc) is 2.70. The molecule has 3 amide bonds. The Balaban J connectivity index is 2.06. The maximum Gasteiger partial charge on any atom is 0.326 e. The summed E-state index contributed by atoms with van der Waals surface area (Å²) in [6.45, 7) is -0.438. The molecule has 0 saturated carbocycles. The second-order valence-corrected chi connectivity index (χ2v) is 4.30. The van der Waals surface area contributed by atoms with Gasteiger partial charge in [-0.1, -0.05) is 0 Å². The molecule has 0 radical (unpaired) electrons. The van der Waals surface area contributed by atoms with Gasteiger partial charge < -0.3 is 19.7 Å². The van der Waals surface area contributed by atoms with Gasteiger partial charge in [-0.15, -0.1) is 0 Å². The summed E-state index contributed by atoms with van der Waals surface area (Å²) < 4.78 is 5.30. The quantitative estimate of drug-likeness (QED) is 0.391. The van der Waals surface area contributed by atoms with Crippen molar-refractivity contribution in [3.05, 3.63) is 0 Å². The van der Waals surface area contributed by atoms with E-state index in [-0.39, 0.29) is 19.6 Å². The number of aliphatic hydroxyl groups excluding tert-OH is 2. The fraction of sp³-hybridized carbons (Fsp3) is 0.700. The summed E-state index contributed by atoms with van der Waals surface area (Å²) in [6, 6.07) is -0.658. The Hall–Kier alpha value is -1.51. The Bertz CT molecular complexity index is 373. The van der Waals surface area contributed by atoms with Crippen molar-refractivity contribution in [2.24, 2.45) is 5.92 Å². The topological polar surface area (TPSA) is 116 Å². The van der Waals surface area contributed by atoms with Crippen LogP contribution in [0.4, 0.5) is 4.79 Å². The molecule has 2 fully saturated rings. The molecule has 100 valence electrons. The first-order valence-corrected chi connectivity index (χ1v) is 5.58. The fourth-order valence-electron chi connectivity index (χ4n) is 2.07. The highest BCUT2D eigenvalue weighted by atomic mass is 16.5. The number of hydrogen-bond donors (Lipinski definition) is 3. The van der Waals surface area contributed by atoms with E-state index >= 15 is 0 Å². The molecular weight excluding hydrogens is 244 g/mol. The van der Waals surface area contributed by atoms with E-state index in [1.807, 2.05) is 5.32 Å². The van der Waals surface area contributed by atoms with E-state index in [0.29, 0.717) is 6.29 Å². The SMILES string of the molecule is O=CC1CN(C2CC(O)C(CO)O2)C(=O)NC1=O. The molecule has 8 nitrogen and oxygen atoms in total. The molecule has 0 aromatic carbocycles. The molecular formula is C10H14N2O6. The van der Waals surface area contributed by atoms with E-state index in [0.717, 1.165) is 0 Å². The lowest BCUT2D eigenvalue weighted by Crippen LogP contribution is -2.58. The number of hydrogen-bond acceptors (Lipinski definition) is 6. The largest absolute Gasteiger partial charge is 0.394 e. The van der Waals surface area contributed by atoms with Gasteiger partial charge in [0.1, 0.15) is 24.5 Å². The van der Waals surface area contributed by atoms with Crippen LogP contribution in [-0.4, -0.2) is 64.9 Å². The highest BCUT2D eigenvalue weighted by Gasteiger charge is 2.42. The van der Waals surface area contributed by atoms with Crippen molar-refractivity contribution in [3.63, 3.8) is 0 Å². The van der Waals surface area contributed by atoms with Crippen LogP contribution in [0.2, 0.25) is 0 Å². The van der Waals surface area contributed by atoms with Crippen LogP contribution in [0, 0.1) is 5.92 Å². The predicted molar refractivity (Wildman–Crippen MR) is 56.2 cm³/mol. The van der Waals surface area contributed by atoms with Crippen LogP contribution in [0.1, 0.15) is 6.42 Å². The van der Waals surface area contributed by atoms with Crippen molar-refractivity contribution < 1.29 is 29.3 Å². The van der Waals surface area contributed by atoms with Crippen LogP contribution in [0.5, 0.6) is 0 Å². The summed E-state index contributed by atoms with van der Waals surface area (Å²) in [5.41, 5.74) is 0. The molecule has 2 heterocycles. The molecule has 0 aliphatic carbocycles. The number of rotatable bonds is 3. The Kier molecular flexibility index (Phi) is 3.60. The van der Waals surface area contributed by atoms with Crippen LogP contribution in [-0.2, 0) is 14.3 Å². The molecule has 0 aromatic heterocycles. The highest BCUT2D eigenvalue weighted by Crippen LogP contribution is 2.25. The zero-order valence-corrected chi connectivity index (χ0v) is 9.48. The predicted octanol–water partition coefficient (Wildman–Crippen LogP) is -2.18. The smallest absolute Gasteiger partial charge is 0.326 e. The van der Waals surface area contributed by atoms with Crippen molar-refractivity contribution >= 4 is 18.2 Å². The zero-order valence-electron chi connectivity index (χ0n) is 9.48. The Labute approximate surface area is 103 Å². The maximum absolute atomic E-state index is 11.6. The second kappa shape index (κ2) is 5.01. The van der Waals surface area contributed by atoms with E-state index in [9.17, 15) is 19.5 Å². The van der Waals surface area contributed by atoms with Crippen LogP contribution in [0.25, 0.3) is 0 Å². The average molecular weight is 258 g/mol. The molecule has 8 heteroatoms. The summed E-state index contributed by atoms with van der Waals surface area (Å²) >= 11 is 0. The molecule has 0 spiro atoms. The summed E-state index contributed by atoms with van der Waals surface area (Å²) in [5, 5.41) is 20.6. The van der Waals surface area contributed by atoms with Crippen LogP contribution in [0.3, 0.4) is 0 Å². The Morgan fingerprint density at radius 1 is 1.50 bits per heavy atom. The van der Waals surface area contributed by atoms with Gasteiger partial charge >= 0.3 is 6.03 Å². The summed E-state index contributed by atoms with van der Waals surface area (Å²) in [7, 11) is 0. The third-order valence-electron chi connectivity index (χ3n) is 3.12. The van der Waals surface area contributed by atoms with Gasteiger partial charge in [-0.25, -0.2) is 4.79 Å². The minimum absolute atomic E-state index is 0.0797. The molecule has 2 aliphatic heterocycles. The highest BCUT2D eigenvalue weighted by molar-refractivity contribution is 6.04. The third-order valence-corrected chi connectivity index (χ3v) is 3.12. The lowest BCUT2D eigenvalue weighted by Gasteiger charge is -2.33. The lowest BCUT2D eigenvalue weighted by atomic mass is 10.1. The van der Waals surface area contributed by atoms with E-state index in [1.165, 1.54) is 4.90 Å². The molecule has 4 unspecified atom stereocenters. The molecule has 2 aliphatic rings. The second-order valence-electron chi connectivity index (χ2n) is 4.30. The summed E-state index contributed by atoms with van der Waals surface area (Å²) in [5.74, 6) is -1.57. The molecule has 2 saturated heterocycles. The molecule has 0 aromatic rings. The third kappa shape index (κ3) is 2.22. The number of aldehydes is 1. The first kappa shape index (κ1) is 12.9. The van der Waals surface area contributed by atoms with Gasteiger partial charge in [0.2, 0.25) is 5.91 Å². The fourth-order valence-corrected chi connectivity index (χ4v) is 2.07. The van der Waals surface area contributed by atoms with E-state index in [4.69, 9.17) is 9.84 Å². The minimum atomic E-state index is -0.934. The normalized spacial score (nSPS) is 36.7. The van der Waals surface area contributed by atoms with Gasteiger partial charge in [-0.3, -0.25) is 15.0 Å². The Morgan fingerprint density at radius 3 is 2.78 bits per heavy atom.